The molecule has 1 aromatic carbocycles. The maximum Gasteiger partial charge on any atom is 0.344 e. The highest BCUT2D eigenvalue weighted by Crippen LogP contribution is 2.17. The molecule has 0 saturated heterocycles. The van der Waals surface area contributed by atoms with Crippen molar-refractivity contribution in [3.63, 3.8) is 0 Å². The van der Waals surface area contributed by atoms with Crippen LogP contribution >= 0.6 is 0 Å². The predicted octanol–water partition coefficient (Wildman–Crippen LogP) is 1.20. The molecule has 146 valence electrons. The second kappa shape index (κ2) is 8.81. The summed E-state index contributed by atoms with van der Waals surface area (Å²) in [6.45, 7) is 2.78. The van der Waals surface area contributed by atoms with Crippen molar-refractivity contribution in [2.24, 2.45) is 4.40 Å². The summed E-state index contributed by atoms with van der Waals surface area (Å²) in [6.07, 6.45) is 2.58. The van der Waals surface area contributed by atoms with Crippen molar-refractivity contribution in [1.82, 2.24) is 9.62 Å². The minimum Gasteiger partial charge on any atom is -0.465 e. The lowest BCUT2D eigenvalue weighted by Gasteiger charge is -2.23. The molecule has 9 heteroatoms. The topological polar surface area (TPSA) is 105 Å². The molecule has 1 atom stereocenters. The Balaban J connectivity index is 1.97. The molecular formula is C18H23N3O5S. The van der Waals surface area contributed by atoms with E-state index in [0.29, 0.717) is 6.42 Å². The van der Waals surface area contributed by atoms with Gasteiger partial charge in [-0.2, -0.15) is 8.42 Å². The molecule has 0 aliphatic carbocycles. The van der Waals surface area contributed by atoms with Gasteiger partial charge in [-0.05, 0) is 32.3 Å². The Bertz CT molecular complexity index is 862. The summed E-state index contributed by atoms with van der Waals surface area (Å²) < 4.78 is 33.2. The second-order valence-electron chi connectivity index (χ2n) is 6.23. The Morgan fingerprint density at radius 1 is 1.26 bits per heavy atom. The van der Waals surface area contributed by atoms with Crippen LogP contribution in [0.25, 0.3) is 0 Å². The van der Waals surface area contributed by atoms with Crippen molar-refractivity contribution in [1.29, 1.82) is 0 Å². The van der Waals surface area contributed by atoms with E-state index in [0.717, 1.165) is 22.5 Å². The number of amides is 1. The molecule has 0 saturated carbocycles. The fourth-order valence-corrected chi connectivity index (χ4v) is 3.65. The molecule has 1 aromatic rings. The Labute approximate surface area is 159 Å². The fraction of sp³-hybridized carbons (Fsp3) is 0.389. The molecule has 2 rings (SSSR count). The maximum atomic E-state index is 12.2. The van der Waals surface area contributed by atoms with E-state index in [1.54, 1.807) is 0 Å². The van der Waals surface area contributed by atoms with Crippen molar-refractivity contribution in [3.8, 4) is 0 Å². The van der Waals surface area contributed by atoms with Crippen molar-refractivity contribution < 1.29 is 22.7 Å². The number of nitrogens with one attached hydrogen (secondary N) is 1. The van der Waals surface area contributed by atoms with E-state index in [4.69, 9.17) is 0 Å². The molecular weight excluding hydrogens is 370 g/mol. The number of hydrogen-bond donors (Lipinski definition) is 1. The van der Waals surface area contributed by atoms with Gasteiger partial charge in [0.15, 0.2) is 0 Å². The molecule has 0 radical (unpaired) electrons. The van der Waals surface area contributed by atoms with Gasteiger partial charge < -0.3 is 10.1 Å². The quantitative estimate of drug-likeness (QED) is 0.701. The van der Waals surface area contributed by atoms with Crippen LogP contribution in [0, 0.1) is 0 Å². The lowest BCUT2D eigenvalue weighted by atomic mass is 10.1. The first-order valence-corrected chi connectivity index (χ1v) is 9.84. The van der Waals surface area contributed by atoms with Gasteiger partial charge in [0.2, 0.25) is 5.91 Å². The first-order chi connectivity index (χ1) is 12.7. The zero-order chi connectivity index (χ0) is 20.0. The van der Waals surface area contributed by atoms with Crippen LogP contribution in [0.15, 0.2) is 46.5 Å². The number of benzene rings is 1. The highest BCUT2D eigenvalue weighted by atomic mass is 32.2. The van der Waals surface area contributed by atoms with E-state index >= 15 is 0 Å². The summed E-state index contributed by atoms with van der Waals surface area (Å²) in [7, 11) is -2.87. The summed E-state index contributed by atoms with van der Waals surface area (Å²) in [4.78, 5) is 24.0. The van der Waals surface area contributed by atoms with E-state index in [9.17, 15) is 18.0 Å². The smallest absolute Gasteiger partial charge is 0.344 e. The van der Waals surface area contributed by atoms with E-state index in [-0.39, 0.29) is 17.3 Å². The molecule has 1 N–H and O–H groups in total. The number of carbonyl (C=O) groups excluding carboxylic acids is 2. The van der Waals surface area contributed by atoms with Crippen LogP contribution in [-0.2, 0) is 31.0 Å². The van der Waals surface area contributed by atoms with Gasteiger partial charge >= 0.3 is 16.2 Å². The van der Waals surface area contributed by atoms with Crippen LogP contribution < -0.4 is 5.32 Å². The van der Waals surface area contributed by atoms with Crippen LogP contribution in [0.5, 0.6) is 0 Å². The molecule has 1 heterocycles. The van der Waals surface area contributed by atoms with E-state index in [2.05, 4.69) is 14.5 Å². The van der Waals surface area contributed by atoms with Crippen LogP contribution in [-0.4, -0.2) is 50.0 Å². The molecule has 1 amide bonds. The Hall–Kier alpha value is -2.68. The standard InChI is InChI=1S/C18H23N3O5S/c1-13(9-10-15-7-5-4-6-8-15)19-17(22)12-21-11-16(18(23)26-3)14(2)20-27(21,24)25/h4-8,11,13H,9-10,12H2,1-3H3,(H,19,22)/t13-/m0/s1. The van der Waals surface area contributed by atoms with Gasteiger partial charge in [0.1, 0.15) is 6.54 Å². The number of aryl methyl sites for hydroxylation is 1. The van der Waals surface area contributed by atoms with Gasteiger partial charge in [-0.1, -0.05) is 30.3 Å². The third kappa shape index (κ3) is 5.65. The average Bonchev–Trinajstić information content (AvgIpc) is 2.62. The minimum absolute atomic E-state index is 0.00255. The monoisotopic (exact) mass is 393 g/mol. The molecule has 0 unspecified atom stereocenters. The Morgan fingerprint density at radius 3 is 2.56 bits per heavy atom. The lowest BCUT2D eigenvalue weighted by molar-refractivity contribution is -0.135. The highest BCUT2D eigenvalue weighted by Gasteiger charge is 2.30. The third-order valence-corrected chi connectivity index (χ3v) is 5.36. The van der Waals surface area contributed by atoms with Gasteiger partial charge in [0, 0.05) is 12.2 Å². The van der Waals surface area contributed by atoms with Crippen LogP contribution in [0.4, 0.5) is 0 Å². The molecule has 8 nitrogen and oxygen atoms in total. The summed E-state index contributed by atoms with van der Waals surface area (Å²) in [5.74, 6) is -1.19. The lowest BCUT2D eigenvalue weighted by Crippen LogP contribution is -2.42. The number of hydrogen-bond acceptors (Lipinski definition) is 5. The SMILES string of the molecule is COC(=O)C1=CN(CC(=O)N[C@@H](C)CCc2ccccc2)S(=O)(=O)N=C1C. The number of carbonyl (C=O) groups is 2. The van der Waals surface area contributed by atoms with Crippen LogP contribution in [0.1, 0.15) is 25.8 Å². The minimum atomic E-state index is -4.06. The molecule has 0 bridgehead atoms. The van der Waals surface area contributed by atoms with Gasteiger partial charge in [0.05, 0.1) is 18.4 Å². The molecule has 0 aromatic heterocycles. The van der Waals surface area contributed by atoms with Gasteiger partial charge in [-0.25, -0.2) is 9.10 Å². The van der Waals surface area contributed by atoms with Gasteiger partial charge in [0.25, 0.3) is 0 Å². The molecule has 27 heavy (non-hydrogen) atoms. The first kappa shape index (κ1) is 20.6. The van der Waals surface area contributed by atoms with Crippen molar-refractivity contribution in [2.75, 3.05) is 13.7 Å². The zero-order valence-corrected chi connectivity index (χ0v) is 16.3. The zero-order valence-electron chi connectivity index (χ0n) is 15.5. The van der Waals surface area contributed by atoms with Gasteiger partial charge in [-0.15, -0.1) is 4.40 Å². The number of ether oxygens (including phenoxy) is 1. The summed E-state index contributed by atoms with van der Waals surface area (Å²) >= 11 is 0. The Kier molecular flexibility index (Phi) is 6.73. The highest BCUT2D eigenvalue weighted by molar-refractivity contribution is 7.88. The third-order valence-electron chi connectivity index (χ3n) is 4.03. The maximum absolute atomic E-state index is 12.2. The fourth-order valence-electron chi connectivity index (χ4n) is 2.58. The molecule has 1 aliphatic heterocycles. The number of methoxy groups -OCH3 is 1. The summed E-state index contributed by atoms with van der Waals surface area (Å²) in [5, 5.41) is 2.77. The molecule has 1 aliphatic rings. The van der Waals surface area contributed by atoms with Gasteiger partial charge in [-0.3, -0.25) is 4.79 Å². The molecule has 0 spiro atoms. The molecule has 0 fully saturated rings. The summed E-state index contributed by atoms with van der Waals surface area (Å²) in [6, 6.07) is 9.72. The van der Waals surface area contributed by atoms with Crippen molar-refractivity contribution in [3.05, 3.63) is 47.7 Å². The van der Waals surface area contributed by atoms with Crippen molar-refractivity contribution >= 4 is 27.8 Å². The number of esters is 1. The average molecular weight is 393 g/mol. The van der Waals surface area contributed by atoms with E-state index < -0.39 is 28.6 Å². The second-order valence-corrected chi connectivity index (χ2v) is 7.77. The normalized spacial score (nSPS) is 16.8. The largest absolute Gasteiger partial charge is 0.465 e. The van der Waals surface area contributed by atoms with Crippen LogP contribution in [0.2, 0.25) is 0 Å². The summed E-state index contributed by atoms with van der Waals surface area (Å²) in [5.41, 5.74) is 1.18. The number of nitrogens with zero attached hydrogens (tertiary/aromatic N) is 2. The van der Waals surface area contributed by atoms with E-state index in [1.165, 1.54) is 14.0 Å². The van der Waals surface area contributed by atoms with Crippen LogP contribution in [0.3, 0.4) is 0 Å². The predicted molar refractivity (Wildman–Crippen MR) is 101 cm³/mol. The Morgan fingerprint density at radius 2 is 1.93 bits per heavy atom. The van der Waals surface area contributed by atoms with Crippen molar-refractivity contribution in [2.45, 2.75) is 32.7 Å². The number of rotatable bonds is 7. The van der Waals surface area contributed by atoms with E-state index in [1.807, 2.05) is 37.3 Å². The first-order valence-electron chi connectivity index (χ1n) is 8.45.